The van der Waals surface area contributed by atoms with Gasteiger partial charge in [-0.2, -0.15) is 0 Å². The number of hydrogen-bond donors (Lipinski definition) is 1. The van der Waals surface area contributed by atoms with Crippen LogP contribution >= 0.6 is 0 Å². The average molecular weight is 345 g/mol. The van der Waals surface area contributed by atoms with E-state index in [2.05, 4.69) is 5.32 Å². The first-order valence-corrected chi connectivity index (χ1v) is 8.75. The number of halogens is 1. The van der Waals surface area contributed by atoms with Crippen LogP contribution in [0.5, 0.6) is 0 Å². The molecular weight excluding hydrogens is 325 g/mol. The highest BCUT2D eigenvalue weighted by molar-refractivity contribution is 7.91. The fourth-order valence-corrected chi connectivity index (χ4v) is 2.91. The third-order valence-corrected chi connectivity index (χ3v) is 4.59. The molecule has 1 rings (SSSR count). The van der Waals surface area contributed by atoms with Crippen LogP contribution in [0.2, 0.25) is 0 Å². The summed E-state index contributed by atoms with van der Waals surface area (Å²) in [5, 5.41) is 2.58. The van der Waals surface area contributed by atoms with E-state index >= 15 is 0 Å². The largest absolute Gasteiger partial charge is 0.453 e. The lowest BCUT2D eigenvalue weighted by Crippen LogP contribution is -2.39. The van der Waals surface area contributed by atoms with Gasteiger partial charge in [0.1, 0.15) is 5.82 Å². The Labute approximate surface area is 134 Å². The van der Waals surface area contributed by atoms with Crippen LogP contribution in [0.25, 0.3) is 0 Å². The number of rotatable bonds is 7. The molecule has 23 heavy (non-hydrogen) atoms. The van der Waals surface area contributed by atoms with Gasteiger partial charge >= 0.3 is 5.97 Å². The van der Waals surface area contributed by atoms with Gasteiger partial charge in [-0.05, 0) is 45.0 Å². The van der Waals surface area contributed by atoms with Gasteiger partial charge in [-0.1, -0.05) is 0 Å². The van der Waals surface area contributed by atoms with Crippen LogP contribution in [0, 0.1) is 5.82 Å². The van der Waals surface area contributed by atoms with E-state index < -0.39 is 39.4 Å². The number of esters is 1. The van der Waals surface area contributed by atoms with Crippen LogP contribution in [0.15, 0.2) is 29.2 Å². The Morgan fingerprint density at radius 3 is 2.26 bits per heavy atom. The molecule has 0 spiro atoms. The van der Waals surface area contributed by atoms with Crippen LogP contribution in [-0.2, 0) is 24.2 Å². The lowest BCUT2D eigenvalue weighted by atomic mass is 10.3. The summed E-state index contributed by atoms with van der Waals surface area (Å²) in [6, 6.07) is 4.23. The average Bonchev–Trinajstić information content (AvgIpc) is 2.45. The van der Waals surface area contributed by atoms with Crippen molar-refractivity contribution >= 4 is 21.7 Å². The minimum Gasteiger partial charge on any atom is -0.453 e. The van der Waals surface area contributed by atoms with Crippen LogP contribution in [0.3, 0.4) is 0 Å². The van der Waals surface area contributed by atoms with E-state index in [4.69, 9.17) is 4.74 Å². The number of carbonyl (C=O) groups is 2. The highest BCUT2D eigenvalue weighted by Crippen LogP contribution is 2.13. The molecule has 1 N–H and O–H groups in total. The maximum absolute atomic E-state index is 12.8. The monoisotopic (exact) mass is 345 g/mol. The Morgan fingerprint density at radius 1 is 1.17 bits per heavy atom. The van der Waals surface area contributed by atoms with E-state index in [1.807, 2.05) is 0 Å². The molecule has 0 saturated carbocycles. The SMILES string of the molecule is CC(C)NC(=O)[C@@H](C)OC(=O)CCS(=O)(=O)c1ccc(F)cc1. The molecule has 0 aliphatic rings. The quantitative estimate of drug-likeness (QED) is 0.597. The molecule has 0 bridgehead atoms. The second kappa shape index (κ2) is 8.05. The third kappa shape index (κ3) is 6.35. The summed E-state index contributed by atoms with van der Waals surface area (Å²) in [6.07, 6.45) is -1.39. The van der Waals surface area contributed by atoms with Gasteiger partial charge in [0.2, 0.25) is 0 Å². The molecule has 0 aliphatic heterocycles. The van der Waals surface area contributed by atoms with Gasteiger partial charge in [-0.25, -0.2) is 12.8 Å². The molecule has 6 nitrogen and oxygen atoms in total. The number of benzene rings is 1. The van der Waals surface area contributed by atoms with Crippen molar-refractivity contribution in [2.45, 2.75) is 44.2 Å². The van der Waals surface area contributed by atoms with Crippen molar-refractivity contribution in [1.82, 2.24) is 5.32 Å². The standard InChI is InChI=1S/C15H20FNO5S/c1-10(2)17-15(19)11(3)22-14(18)8-9-23(20,21)13-6-4-12(16)5-7-13/h4-7,10-11H,8-9H2,1-3H3,(H,17,19)/t11-/m1/s1. The van der Waals surface area contributed by atoms with Gasteiger partial charge < -0.3 is 10.1 Å². The first-order valence-electron chi connectivity index (χ1n) is 7.10. The summed E-state index contributed by atoms with van der Waals surface area (Å²) in [4.78, 5) is 23.2. The molecule has 0 aliphatic carbocycles. The van der Waals surface area contributed by atoms with Crippen molar-refractivity contribution in [3.8, 4) is 0 Å². The van der Waals surface area contributed by atoms with Crippen molar-refractivity contribution in [2.24, 2.45) is 0 Å². The Hall–Kier alpha value is -1.96. The van der Waals surface area contributed by atoms with Crippen molar-refractivity contribution < 1.29 is 27.1 Å². The Kier molecular flexibility index (Phi) is 6.68. The van der Waals surface area contributed by atoms with E-state index in [-0.39, 0.29) is 17.4 Å². The number of carbonyl (C=O) groups excluding carboxylic acids is 2. The molecule has 0 unspecified atom stereocenters. The minimum absolute atomic E-state index is 0.0719. The molecule has 0 radical (unpaired) electrons. The van der Waals surface area contributed by atoms with Crippen LogP contribution in [0.1, 0.15) is 27.2 Å². The predicted octanol–water partition coefficient (Wildman–Crippen LogP) is 1.45. The maximum atomic E-state index is 12.8. The summed E-state index contributed by atoms with van der Waals surface area (Å²) in [5.74, 6) is -2.26. The van der Waals surface area contributed by atoms with E-state index in [9.17, 15) is 22.4 Å². The van der Waals surface area contributed by atoms with Gasteiger partial charge in [-0.3, -0.25) is 9.59 Å². The van der Waals surface area contributed by atoms with Crippen LogP contribution in [0.4, 0.5) is 4.39 Å². The summed E-state index contributed by atoms with van der Waals surface area (Å²) in [5.41, 5.74) is 0. The van der Waals surface area contributed by atoms with Gasteiger partial charge in [0, 0.05) is 6.04 Å². The van der Waals surface area contributed by atoms with E-state index in [1.54, 1.807) is 13.8 Å². The minimum atomic E-state index is -3.72. The van der Waals surface area contributed by atoms with Gasteiger partial charge in [0.25, 0.3) is 5.91 Å². The second-order valence-corrected chi connectivity index (χ2v) is 7.43. The molecule has 1 aromatic carbocycles. The predicted molar refractivity (Wildman–Crippen MR) is 81.9 cm³/mol. The first-order chi connectivity index (χ1) is 10.6. The number of ether oxygens (including phenoxy) is 1. The Balaban J connectivity index is 2.55. The Morgan fingerprint density at radius 2 is 1.74 bits per heavy atom. The molecule has 1 aromatic rings. The second-order valence-electron chi connectivity index (χ2n) is 5.32. The molecule has 128 valence electrons. The van der Waals surface area contributed by atoms with Gasteiger partial charge in [-0.15, -0.1) is 0 Å². The molecule has 0 heterocycles. The number of nitrogens with one attached hydrogen (secondary N) is 1. The molecule has 8 heteroatoms. The molecule has 0 fully saturated rings. The molecule has 1 atom stereocenters. The van der Waals surface area contributed by atoms with E-state index in [0.717, 1.165) is 24.3 Å². The van der Waals surface area contributed by atoms with Crippen molar-refractivity contribution in [3.05, 3.63) is 30.1 Å². The van der Waals surface area contributed by atoms with Crippen LogP contribution in [-0.4, -0.2) is 38.2 Å². The lowest BCUT2D eigenvalue weighted by molar-refractivity contribution is -0.154. The number of amides is 1. The van der Waals surface area contributed by atoms with Crippen molar-refractivity contribution in [1.29, 1.82) is 0 Å². The highest BCUT2D eigenvalue weighted by Gasteiger charge is 2.21. The highest BCUT2D eigenvalue weighted by atomic mass is 32.2. The zero-order valence-corrected chi connectivity index (χ0v) is 14.0. The molecular formula is C15H20FNO5S. The zero-order chi connectivity index (χ0) is 17.6. The van der Waals surface area contributed by atoms with E-state index in [1.165, 1.54) is 6.92 Å². The molecule has 0 aromatic heterocycles. The maximum Gasteiger partial charge on any atom is 0.307 e. The van der Waals surface area contributed by atoms with Crippen molar-refractivity contribution in [2.75, 3.05) is 5.75 Å². The lowest BCUT2D eigenvalue weighted by Gasteiger charge is -2.15. The smallest absolute Gasteiger partial charge is 0.307 e. The zero-order valence-electron chi connectivity index (χ0n) is 13.2. The normalized spacial score (nSPS) is 12.7. The topological polar surface area (TPSA) is 89.5 Å². The van der Waals surface area contributed by atoms with Gasteiger partial charge in [0.05, 0.1) is 17.1 Å². The van der Waals surface area contributed by atoms with E-state index in [0.29, 0.717) is 0 Å². The summed E-state index contributed by atoms with van der Waals surface area (Å²) >= 11 is 0. The summed E-state index contributed by atoms with van der Waals surface area (Å²) in [6.45, 7) is 4.94. The van der Waals surface area contributed by atoms with Crippen molar-refractivity contribution in [3.63, 3.8) is 0 Å². The van der Waals surface area contributed by atoms with Crippen LogP contribution < -0.4 is 5.32 Å². The number of sulfone groups is 1. The molecule has 1 amide bonds. The van der Waals surface area contributed by atoms with Gasteiger partial charge in [0.15, 0.2) is 15.9 Å². The summed E-state index contributed by atoms with van der Waals surface area (Å²) < 4.78 is 41.7. The first kappa shape index (κ1) is 19.1. The fourth-order valence-electron chi connectivity index (χ4n) is 1.69. The fraction of sp³-hybridized carbons (Fsp3) is 0.467. The number of hydrogen-bond acceptors (Lipinski definition) is 5. The summed E-state index contributed by atoms with van der Waals surface area (Å²) in [7, 11) is -3.72. The molecule has 0 saturated heterocycles. The Bertz CT molecular complexity index is 655. The third-order valence-electron chi connectivity index (χ3n) is 2.86.